The molecule has 0 atom stereocenters. The summed E-state index contributed by atoms with van der Waals surface area (Å²) in [5.74, 6) is -1.61. The summed E-state index contributed by atoms with van der Waals surface area (Å²) in [7, 11) is 0. The van der Waals surface area contributed by atoms with Gasteiger partial charge in [0.25, 0.3) is 0 Å². The number of H-pyrrole nitrogens is 1. The fraction of sp³-hybridized carbons (Fsp3) is 0.0556. The van der Waals surface area contributed by atoms with E-state index in [1.165, 1.54) is 6.21 Å². The Labute approximate surface area is 152 Å². The Morgan fingerprint density at radius 1 is 1.12 bits per heavy atom. The first-order chi connectivity index (χ1) is 12.0. The fourth-order valence-corrected chi connectivity index (χ4v) is 2.62. The number of aromatic nitrogens is 1. The van der Waals surface area contributed by atoms with E-state index in [9.17, 15) is 9.59 Å². The topological polar surface area (TPSA) is 86.3 Å². The maximum atomic E-state index is 11.8. The fourth-order valence-electron chi connectivity index (χ4n) is 2.26. The molecule has 3 N–H and O–H groups in total. The third-order valence-electron chi connectivity index (χ3n) is 3.56. The van der Waals surface area contributed by atoms with Gasteiger partial charge in [0.15, 0.2) is 0 Å². The second kappa shape index (κ2) is 7.31. The van der Waals surface area contributed by atoms with Crippen molar-refractivity contribution in [3.05, 3.63) is 64.3 Å². The van der Waals surface area contributed by atoms with Crippen LogP contribution in [0.4, 0.5) is 5.69 Å². The standard InChI is InChI=1S/C18H15BrN4O2/c1-11-2-5-14(6-3-11)22-17(24)18(25)23-21-10-12-9-20-16-7-4-13(19)8-15(12)16/h2-10,20H,1H3,(H,22,24)(H,23,25)/b21-10+. The van der Waals surface area contributed by atoms with Crippen LogP contribution in [0.15, 0.2) is 58.2 Å². The lowest BCUT2D eigenvalue weighted by Crippen LogP contribution is -2.32. The number of hydrogen-bond donors (Lipinski definition) is 3. The number of aromatic amines is 1. The molecule has 2 aromatic carbocycles. The first kappa shape index (κ1) is 16.9. The zero-order valence-electron chi connectivity index (χ0n) is 13.3. The van der Waals surface area contributed by atoms with Gasteiger partial charge in [0.2, 0.25) is 0 Å². The number of nitrogens with one attached hydrogen (secondary N) is 3. The van der Waals surface area contributed by atoms with Crippen molar-refractivity contribution in [2.45, 2.75) is 6.92 Å². The van der Waals surface area contributed by atoms with Crippen LogP contribution in [0, 0.1) is 6.92 Å². The molecular weight excluding hydrogens is 384 g/mol. The van der Waals surface area contributed by atoms with Gasteiger partial charge in [-0.1, -0.05) is 33.6 Å². The second-order valence-electron chi connectivity index (χ2n) is 5.45. The molecule has 1 aromatic heterocycles. The van der Waals surface area contributed by atoms with Crippen molar-refractivity contribution in [3.63, 3.8) is 0 Å². The highest BCUT2D eigenvalue weighted by Gasteiger charge is 2.12. The first-order valence-corrected chi connectivity index (χ1v) is 8.30. The molecule has 0 radical (unpaired) electrons. The highest BCUT2D eigenvalue weighted by Crippen LogP contribution is 2.21. The Kier molecular flexibility index (Phi) is 4.95. The van der Waals surface area contributed by atoms with E-state index in [-0.39, 0.29) is 0 Å². The molecule has 0 aliphatic heterocycles. The van der Waals surface area contributed by atoms with Crippen LogP contribution in [-0.2, 0) is 9.59 Å². The number of fused-ring (bicyclic) bond motifs is 1. The zero-order chi connectivity index (χ0) is 17.8. The molecule has 3 rings (SSSR count). The van der Waals surface area contributed by atoms with E-state index in [0.29, 0.717) is 5.69 Å². The van der Waals surface area contributed by atoms with Crippen LogP contribution in [0.25, 0.3) is 10.9 Å². The SMILES string of the molecule is Cc1ccc(NC(=O)C(=O)N/N=C/c2c[nH]c3ccc(Br)cc23)cc1. The number of halogens is 1. The van der Waals surface area contributed by atoms with Gasteiger partial charge in [-0.15, -0.1) is 0 Å². The molecule has 6 nitrogen and oxygen atoms in total. The van der Waals surface area contributed by atoms with Crippen molar-refractivity contribution in [2.75, 3.05) is 5.32 Å². The molecule has 3 aromatic rings. The van der Waals surface area contributed by atoms with Crippen LogP contribution in [0.3, 0.4) is 0 Å². The van der Waals surface area contributed by atoms with Crippen LogP contribution in [0.1, 0.15) is 11.1 Å². The van der Waals surface area contributed by atoms with E-state index in [4.69, 9.17) is 0 Å². The number of carbonyl (C=O) groups excluding carboxylic acids is 2. The maximum Gasteiger partial charge on any atom is 0.329 e. The van der Waals surface area contributed by atoms with Crippen molar-refractivity contribution in [1.82, 2.24) is 10.4 Å². The number of carbonyl (C=O) groups is 2. The Hall–Kier alpha value is -2.93. The summed E-state index contributed by atoms with van der Waals surface area (Å²) in [6.45, 7) is 1.94. The molecular formula is C18H15BrN4O2. The van der Waals surface area contributed by atoms with E-state index >= 15 is 0 Å². The van der Waals surface area contributed by atoms with Crippen LogP contribution in [-0.4, -0.2) is 23.0 Å². The van der Waals surface area contributed by atoms with E-state index in [2.05, 4.69) is 36.8 Å². The molecule has 0 bridgehead atoms. The number of nitrogens with zero attached hydrogens (tertiary/aromatic N) is 1. The summed E-state index contributed by atoms with van der Waals surface area (Å²) in [5.41, 5.74) is 5.60. The average Bonchev–Trinajstić information content (AvgIpc) is 2.99. The molecule has 0 fully saturated rings. The van der Waals surface area contributed by atoms with Gasteiger partial charge in [0, 0.05) is 32.8 Å². The van der Waals surface area contributed by atoms with Crippen molar-refractivity contribution < 1.29 is 9.59 Å². The number of benzene rings is 2. The van der Waals surface area contributed by atoms with Gasteiger partial charge in [-0.25, -0.2) is 5.43 Å². The number of hydrogen-bond acceptors (Lipinski definition) is 3. The van der Waals surface area contributed by atoms with Gasteiger partial charge >= 0.3 is 11.8 Å². The number of aryl methyl sites for hydroxylation is 1. The van der Waals surface area contributed by atoms with Gasteiger partial charge in [-0.05, 0) is 37.3 Å². The molecule has 126 valence electrons. The van der Waals surface area contributed by atoms with Gasteiger partial charge in [-0.3, -0.25) is 9.59 Å². The van der Waals surface area contributed by atoms with E-state index in [0.717, 1.165) is 26.5 Å². The number of rotatable bonds is 3. The van der Waals surface area contributed by atoms with Gasteiger partial charge < -0.3 is 10.3 Å². The molecule has 0 saturated heterocycles. The summed E-state index contributed by atoms with van der Waals surface area (Å²) < 4.78 is 0.941. The van der Waals surface area contributed by atoms with Crippen molar-refractivity contribution in [2.24, 2.45) is 5.10 Å². The van der Waals surface area contributed by atoms with Crippen molar-refractivity contribution in [3.8, 4) is 0 Å². The van der Waals surface area contributed by atoms with Crippen LogP contribution in [0.5, 0.6) is 0 Å². The third-order valence-corrected chi connectivity index (χ3v) is 4.05. The number of hydrazone groups is 1. The second-order valence-corrected chi connectivity index (χ2v) is 6.37. The minimum atomic E-state index is -0.835. The summed E-state index contributed by atoms with van der Waals surface area (Å²) >= 11 is 3.42. The molecule has 0 spiro atoms. The first-order valence-electron chi connectivity index (χ1n) is 7.50. The molecule has 0 aliphatic carbocycles. The molecule has 25 heavy (non-hydrogen) atoms. The third kappa shape index (κ3) is 4.13. The summed E-state index contributed by atoms with van der Waals surface area (Å²) in [6.07, 6.45) is 3.27. The van der Waals surface area contributed by atoms with Gasteiger partial charge in [0.05, 0.1) is 6.21 Å². The lowest BCUT2D eigenvalue weighted by Gasteiger charge is -2.04. The van der Waals surface area contributed by atoms with Gasteiger partial charge in [0.1, 0.15) is 0 Å². The Balaban J connectivity index is 1.62. The number of amides is 2. The van der Waals surface area contributed by atoms with Crippen LogP contribution < -0.4 is 10.7 Å². The lowest BCUT2D eigenvalue weighted by molar-refractivity contribution is -0.136. The summed E-state index contributed by atoms with van der Waals surface area (Å²) in [5, 5.41) is 7.32. The molecule has 0 saturated carbocycles. The predicted octanol–water partition coefficient (Wildman–Crippen LogP) is 3.33. The molecule has 1 heterocycles. The monoisotopic (exact) mass is 398 g/mol. The van der Waals surface area contributed by atoms with Crippen molar-refractivity contribution >= 4 is 50.5 Å². The Morgan fingerprint density at radius 3 is 2.64 bits per heavy atom. The van der Waals surface area contributed by atoms with E-state index in [1.54, 1.807) is 18.3 Å². The molecule has 0 unspecified atom stereocenters. The van der Waals surface area contributed by atoms with Gasteiger partial charge in [-0.2, -0.15) is 5.10 Å². The highest BCUT2D eigenvalue weighted by molar-refractivity contribution is 9.10. The Bertz CT molecular complexity index is 961. The summed E-state index contributed by atoms with van der Waals surface area (Å²) in [4.78, 5) is 26.8. The summed E-state index contributed by atoms with van der Waals surface area (Å²) in [6, 6.07) is 13.0. The Morgan fingerprint density at radius 2 is 1.88 bits per heavy atom. The lowest BCUT2D eigenvalue weighted by atomic mass is 10.2. The van der Waals surface area contributed by atoms with Crippen LogP contribution in [0.2, 0.25) is 0 Å². The minimum absolute atomic E-state index is 0.552. The largest absolute Gasteiger partial charge is 0.361 e. The van der Waals surface area contributed by atoms with Crippen molar-refractivity contribution in [1.29, 1.82) is 0 Å². The quantitative estimate of drug-likeness (QED) is 0.359. The van der Waals surface area contributed by atoms with E-state index < -0.39 is 11.8 Å². The maximum absolute atomic E-state index is 11.8. The van der Waals surface area contributed by atoms with E-state index in [1.807, 2.05) is 37.3 Å². The smallest absolute Gasteiger partial charge is 0.329 e. The molecule has 0 aliphatic rings. The highest BCUT2D eigenvalue weighted by atomic mass is 79.9. The minimum Gasteiger partial charge on any atom is -0.361 e. The van der Waals surface area contributed by atoms with Crippen LogP contribution >= 0.6 is 15.9 Å². The molecule has 2 amide bonds. The predicted molar refractivity (Wildman–Crippen MR) is 102 cm³/mol. The normalized spacial score (nSPS) is 11.0. The molecule has 7 heteroatoms. The number of anilines is 1. The zero-order valence-corrected chi connectivity index (χ0v) is 14.9. The average molecular weight is 399 g/mol.